The standard InChI is InChI=1S/C63H90ClF3N8O15/c1-52-11-12-54(48-53(52)14-16-57-50-70-59-10-8-19-71-75(57)59)60(76)72-56-15-13-55(58(49-56)63(65,66)67)51-74-24-22-73(23-25-74)21-9-18-68-61(77)89-46-44-87-42-40-85-38-36-83-34-31-80-27-6-7-28-81-32-35-84-37-39-86-41-43-88-45-47-90-62(78)69-20-29-82-33-30-79-26-5-3-2-4-17-64/h6-8,10-13,15,19,48-50H,2-5,9,17-18,20-47,51H2,1H3,(H,68,77)(H,69,78)(H,72,76)/b7-6+. The third-order valence-electron chi connectivity index (χ3n) is 13.4. The number of aromatic nitrogens is 3. The molecule has 4 aromatic rings. The molecule has 500 valence electrons. The van der Waals surface area contributed by atoms with E-state index in [1.165, 1.54) is 12.1 Å². The summed E-state index contributed by atoms with van der Waals surface area (Å²) in [7, 11) is 0. The van der Waals surface area contributed by atoms with Crippen LogP contribution < -0.4 is 16.0 Å². The predicted octanol–water partition coefficient (Wildman–Crippen LogP) is 7.19. The summed E-state index contributed by atoms with van der Waals surface area (Å²) in [6, 6.07) is 12.4. The van der Waals surface area contributed by atoms with Gasteiger partial charge in [0.15, 0.2) is 5.65 Å². The molecule has 23 nitrogen and oxygen atoms in total. The fourth-order valence-corrected chi connectivity index (χ4v) is 8.74. The molecular formula is C63H90ClF3N8O15. The minimum absolute atomic E-state index is 0.0309. The van der Waals surface area contributed by atoms with Gasteiger partial charge in [-0.25, -0.2) is 19.1 Å². The highest BCUT2D eigenvalue weighted by atomic mass is 35.5. The fourth-order valence-electron chi connectivity index (χ4n) is 8.55. The van der Waals surface area contributed by atoms with Gasteiger partial charge >= 0.3 is 18.4 Å². The average molecular weight is 1290 g/mol. The molecule has 0 bridgehead atoms. The van der Waals surface area contributed by atoms with E-state index in [9.17, 15) is 27.6 Å². The maximum absolute atomic E-state index is 14.4. The van der Waals surface area contributed by atoms with E-state index in [0.29, 0.717) is 194 Å². The van der Waals surface area contributed by atoms with Crippen LogP contribution in [0, 0.1) is 18.8 Å². The molecular weight excluding hydrogens is 1200 g/mol. The third-order valence-corrected chi connectivity index (χ3v) is 13.6. The lowest BCUT2D eigenvalue weighted by Gasteiger charge is -2.35. The first-order chi connectivity index (χ1) is 44.0. The molecule has 0 aliphatic carbocycles. The second-order valence-electron chi connectivity index (χ2n) is 20.3. The second-order valence-corrected chi connectivity index (χ2v) is 20.6. The predicted molar refractivity (Wildman–Crippen MR) is 331 cm³/mol. The summed E-state index contributed by atoms with van der Waals surface area (Å²) >= 11 is 5.66. The molecule has 5 rings (SSSR count). The van der Waals surface area contributed by atoms with Crippen LogP contribution in [0.3, 0.4) is 0 Å². The molecule has 1 aliphatic heterocycles. The summed E-state index contributed by atoms with van der Waals surface area (Å²) in [5.41, 5.74) is 2.22. The molecule has 1 fully saturated rings. The van der Waals surface area contributed by atoms with Gasteiger partial charge in [0.1, 0.15) is 18.9 Å². The topological polar surface area (TPSA) is 235 Å². The Labute approximate surface area is 531 Å². The molecule has 0 atom stereocenters. The average Bonchev–Trinajstić information content (AvgIpc) is 1.34. The van der Waals surface area contributed by atoms with Gasteiger partial charge in [0.05, 0.1) is 137 Å². The van der Waals surface area contributed by atoms with Crippen molar-refractivity contribution in [2.45, 2.75) is 51.7 Å². The lowest BCUT2D eigenvalue weighted by Crippen LogP contribution is -2.46. The van der Waals surface area contributed by atoms with E-state index >= 15 is 0 Å². The minimum Gasteiger partial charge on any atom is -0.447 e. The van der Waals surface area contributed by atoms with E-state index in [2.05, 4.69) is 42.8 Å². The van der Waals surface area contributed by atoms with Crippen LogP contribution in [-0.4, -0.2) is 240 Å². The molecule has 27 heteroatoms. The first kappa shape index (κ1) is 74.7. The number of benzene rings is 2. The highest BCUT2D eigenvalue weighted by Crippen LogP contribution is 2.35. The Balaban J connectivity index is 0.739. The van der Waals surface area contributed by atoms with E-state index in [1.807, 2.05) is 24.0 Å². The Hall–Kier alpha value is -6.03. The number of alkyl halides is 4. The summed E-state index contributed by atoms with van der Waals surface area (Å²) in [4.78, 5) is 45.7. The number of halogens is 4. The molecule has 2 aromatic carbocycles. The number of aryl methyl sites for hydroxylation is 1. The van der Waals surface area contributed by atoms with E-state index in [4.69, 9.17) is 68.4 Å². The normalized spacial score (nSPS) is 13.0. The van der Waals surface area contributed by atoms with Crippen molar-refractivity contribution in [2.75, 3.05) is 202 Å². The van der Waals surface area contributed by atoms with Gasteiger partial charge < -0.3 is 77.7 Å². The molecule has 90 heavy (non-hydrogen) atoms. The Bertz CT molecular complexity index is 2710. The molecule has 3 heterocycles. The minimum atomic E-state index is -4.64. The number of rotatable bonds is 48. The Morgan fingerprint density at radius 2 is 1.14 bits per heavy atom. The summed E-state index contributed by atoms with van der Waals surface area (Å²) in [6.45, 7) is 14.5. The number of imidazole rings is 1. The zero-order valence-electron chi connectivity index (χ0n) is 51.8. The number of amides is 3. The van der Waals surface area contributed by atoms with Gasteiger partial charge in [-0.15, -0.1) is 11.6 Å². The monoisotopic (exact) mass is 1290 g/mol. The van der Waals surface area contributed by atoms with Gasteiger partial charge in [0.2, 0.25) is 0 Å². The number of anilines is 1. The zero-order valence-corrected chi connectivity index (χ0v) is 52.5. The number of nitrogens with one attached hydrogen (secondary N) is 3. The molecule has 3 N–H and O–H groups in total. The number of alkyl carbamates (subject to hydrolysis) is 2. The van der Waals surface area contributed by atoms with Crippen molar-refractivity contribution in [3.8, 4) is 11.8 Å². The number of ether oxygens (including phenoxy) is 12. The van der Waals surface area contributed by atoms with Gasteiger partial charge in [-0.05, 0) is 86.2 Å². The van der Waals surface area contributed by atoms with Crippen molar-refractivity contribution in [3.63, 3.8) is 0 Å². The molecule has 0 saturated carbocycles. The van der Waals surface area contributed by atoms with Crippen LogP contribution >= 0.6 is 11.6 Å². The third kappa shape index (κ3) is 33.3. The maximum Gasteiger partial charge on any atom is 0.416 e. The number of carbonyl (C=O) groups is 3. The van der Waals surface area contributed by atoms with Crippen molar-refractivity contribution in [3.05, 3.63) is 107 Å². The molecule has 0 radical (unpaired) electrons. The molecule has 1 saturated heterocycles. The Morgan fingerprint density at radius 3 is 1.74 bits per heavy atom. The first-order valence-corrected chi connectivity index (χ1v) is 31.2. The van der Waals surface area contributed by atoms with Gasteiger partial charge in [-0.2, -0.15) is 18.3 Å². The van der Waals surface area contributed by atoms with E-state index in [0.717, 1.165) is 37.3 Å². The molecule has 2 aromatic heterocycles. The lowest BCUT2D eigenvalue weighted by molar-refractivity contribution is -0.138. The Kier molecular flexibility index (Phi) is 39.0. The summed E-state index contributed by atoms with van der Waals surface area (Å²) in [6.07, 6.45) is 6.27. The summed E-state index contributed by atoms with van der Waals surface area (Å²) < 4.78 is 110. The van der Waals surface area contributed by atoms with Crippen molar-refractivity contribution in [2.24, 2.45) is 0 Å². The number of piperazine rings is 1. The first-order valence-electron chi connectivity index (χ1n) is 30.7. The van der Waals surface area contributed by atoms with Crippen molar-refractivity contribution < 1.29 is 84.4 Å². The highest BCUT2D eigenvalue weighted by molar-refractivity contribution is 6.17. The van der Waals surface area contributed by atoms with Crippen LogP contribution in [0.25, 0.3) is 5.65 Å². The van der Waals surface area contributed by atoms with Crippen LogP contribution in [0.4, 0.5) is 28.4 Å². The highest BCUT2D eigenvalue weighted by Gasteiger charge is 2.34. The maximum atomic E-state index is 14.4. The number of carbonyl (C=O) groups excluding carboxylic acids is 3. The van der Waals surface area contributed by atoms with E-state index < -0.39 is 29.8 Å². The number of unbranched alkanes of at least 4 members (excludes halogenated alkanes) is 3. The summed E-state index contributed by atoms with van der Waals surface area (Å²) in [5.74, 6) is 6.25. The Morgan fingerprint density at radius 1 is 0.600 bits per heavy atom. The number of fused-ring (bicyclic) bond motifs is 1. The van der Waals surface area contributed by atoms with E-state index in [1.54, 1.807) is 47.2 Å². The quantitative estimate of drug-likeness (QED) is 0.0172. The van der Waals surface area contributed by atoms with Crippen LogP contribution in [0.2, 0.25) is 0 Å². The number of hydrogen-bond acceptors (Lipinski definition) is 19. The molecule has 0 spiro atoms. The largest absolute Gasteiger partial charge is 0.447 e. The summed E-state index contributed by atoms with van der Waals surface area (Å²) in [5, 5.41) is 12.3. The number of nitrogens with zero attached hydrogens (tertiary/aromatic N) is 5. The molecule has 3 amide bonds. The van der Waals surface area contributed by atoms with Crippen LogP contribution in [0.15, 0.2) is 73.1 Å². The van der Waals surface area contributed by atoms with Crippen LogP contribution in [-0.2, 0) is 69.6 Å². The van der Waals surface area contributed by atoms with Crippen LogP contribution in [0.1, 0.15) is 70.4 Å². The van der Waals surface area contributed by atoms with Gasteiger partial charge in [0.25, 0.3) is 5.91 Å². The van der Waals surface area contributed by atoms with Crippen molar-refractivity contribution in [1.82, 2.24) is 35.0 Å². The zero-order chi connectivity index (χ0) is 64.0. The van der Waals surface area contributed by atoms with Gasteiger partial charge in [0, 0.05) is 81.3 Å². The SMILES string of the molecule is Cc1ccc(C(=O)Nc2ccc(CN3CCN(CCCNC(=O)OCCOCCOCCOCCOC/C=C/COCCOCCOCCOCCOC(=O)NCCOCCOCCCCCCCl)CC3)c(C(F)(F)F)c2)cc1C#Cc1cnc2cccnn12. The lowest BCUT2D eigenvalue weighted by atomic mass is 10.0. The smallest absolute Gasteiger partial charge is 0.416 e. The molecule has 1 aliphatic rings. The second kappa shape index (κ2) is 46.9. The molecule has 0 unspecified atom stereocenters. The fraction of sp³-hybridized carbons (Fsp3) is 0.603. The van der Waals surface area contributed by atoms with Crippen molar-refractivity contribution >= 4 is 41.0 Å². The van der Waals surface area contributed by atoms with Gasteiger partial charge in [-0.3, -0.25) is 9.69 Å². The van der Waals surface area contributed by atoms with Crippen LogP contribution in [0.5, 0.6) is 0 Å². The van der Waals surface area contributed by atoms with Gasteiger partial charge in [-0.1, -0.05) is 43.0 Å². The van der Waals surface area contributed by atoms with E-state index in [-0.39, 0.29) is 49.8 Å². The van der Waals surface area contributed by atoms with Crippen molar-refractivity contribution in [1.29, 1.82) is 0 Å². The number of hydrogen-bond donors (Lipinski definition) is 3.